The first kappa shape index (κ1) is 10.8. The number of halogens is 1. The van der Waals surface area contributed by atoms with Crippen molar-refractivity contribution in [2.45, 2.75) is 45.1 Å². The van der Waals surface area contributed by atoms with Crippen molar-refractivity contribution in [2.75, 3.05) is 19.0 Å². The van der Waals surface area contributed by atoms with Gasteiger partial charge in [0, 0.05) is 18.5 Å². The van der Waals surface area contributed by atoms with E-state index in [1.807, 2.05) is 0 Å². The van der Waals surface area contributed by atoms with Gasteiger partial charge in [-0.1, -0.05) is 19.8 Å². The number of hydrogen-bond acceptors (Lipinski definition) is 1. The van der Waals surface area contributed by atoms with Gasteiger partial charge in [-0.25, -0.2) is 0 Å². The lowest BCUT2D eigenvalue weighted by Crippen LogP contribution is -2.37. The molecule has 0 aromatic rings. The van der Waals surface area contributed by atoms with Crippen LogP contribution < -0.4 is 0 Å². The third-order valence-corrected chi connectivity index (χ3v) is 4.46. The van der Waals surface area contributed by atoms with E-state index in [1.165, 1.54) is 45.2 Å². The molecule has 0 aromatic carbocycles. The number of fused-ring (bicyclic) bond motifs is 1. The number of nitrogens with zero attached hydrogens (tertiary/aromatic N) is 1. The molecule has 2 aliphatic rings. The molecule has 1 unspecified atom stereocenters. The van der Waals surface area contributed by atoms with Gasteiger partial charge in [-0.15, -0.1) is 11.6 Å². The van der Waals surface area contributed by atoms with E-state index < -0.39 is 0 Å². The van der Waals surface area contributed by atoms with Crippen molar-refractivity contribution >= 4 is 11.6 Å². The molecular formula is C12H22ClN. The second-order valence-electron chi connectivity index (χ2n) is 5.15. The van der Waals surface area contributed by atoms with Crippen LogP contribution in [0.1, 0.15) is 39.0 Å². The molecule has 0 radical (unpaired) electrons. The van der Waals surface area contributed by atoms with E-state index in [9.17, 15) is 0 Å². The van der Waals surface area contributed by atoms with Gasteiger partial charge in [0.15, 0.2) is 0 Å². The summed E-state index contributed by atoms with van der Waals surface area (Å²) in [7, 11) is 0. The maximum Gasteiger partial charge on any atom is 0.0261 e. The first-order valence-electron chi connectivity index (χ1n) is 6.11. The third kappa shape index (κ3) is 2.25. The first-order valence-corrected chi connectivity index (χ1v) is 6.64. The highest BCUT2D eigenvalue weighted by Crippen LogP contribution is 2.36. The Morgan fingerprint density at radius 1 is 1.29 bits per heavy atom. The third-order valence-electron chi connectivity index (χ3n) is 3.93. The van der Waals surface area contributed by atoms with E-state index in [-0.39, 0.29) is 0 Å². The Hall–Kier alpha value is 0.250. The van der Waals surface area contributed by atoms with Crippen LogP contribution in [0.4, 0.5) is 0 Å². The zero-order valence-electron chi connectivity index (χ0n) is 9.21. The van der Waals surface area contributed by atoms with Crippen LogP contribution in [0.3, 0.4) is 0 Å². The second kappa shape index (κ2) is 4.85. The molecule has 14 heavy (non-hydrogen) atoms. The number of likely N-dealkylation sites (tertiary alicyclic amines) is 1. The van der Waals surface area contributed by atoms with Gasteiger partial charge in [0.25, 0.3) is 0 Å². The highest BCUT2D eigenvalue weighted by molar-refractivity contribution is 6.18. The minimum absolute atomic E-state index is 0.664. The summed E-state index contributed by atoms with van der Waals surface area (Å²) < 4.78 is 0. The molecule has 2 rings (SSSR count). The Labute approximate surface area is 92.8 Å². The van der Waals surface area contributed by atoms with E-state index in [4.69, 9.17) is 11.6 Å². The molecule has 0 bridgehead atoms. The molecule has 1 aliphatic heterocycles. The molecule has 1 saturated heterocycles. The fourth-order valence-electron chi connectivity index (χ4n) is 3.18. The van der Waals surface area contributed by atoms with Gasteiger partial charge in [-0.3, -0.25) is 4.90 Å². The zero-order chi connectivity index (χ0) is 9.97. The number of rotatable bonds is 3. The normalized spacial score (nSPS) is 35.6. The molecule has 82 valence electrons. The highest BCUT2D eigenvalue weighted by atomic mass is 35.5. The predicted molar refractivity (Wildman–Crippen MR) is 61.8 cm³/mol. The Morgan fingerprint density at radius 2 is 2.07 bits per heavy atom. The average Bonchev–Trinajstić information content (AvgIpc) is 2.62. The Balaban J connectivity index is 1.87. The first-order chi connectivity index (χ1) is 6.81. The van der Waals surface area contributed by atoms with Crippen molar-refractivity contribution in [2.24, 2.45) is 11.8 Å². The highest BCUT2D eigenvalue weighted by Gasteiger charge is 2.35. The molecule has 0 amide bonds. The van der Waals surface area contributed by atoms with E-state index in [0.29, 0.717) is 5.92 Å². The molecule has 0 aromatic heterocycles. The Morgan fingerprint density at radius 3 is 2.86 bits per heavy atom. The summed E-state index contributed by atoms with van der Waals surface area (Å²) in [4.78, 5) is 2.71. The molecular weight excluding hydrogens is 194 g/mol. The number of hydrogen-bond donors (Lipinski definition) is 0. The summed E-state index contributed by atoms with van der Waals surface area (Å²) in [6, 6.07) is 0.911. The largest absolute Gasteiger partial charge is 0.300 e. The molecule has 0 N–H and O–H groups in total. The molecule has 0 spiro atoms. The Kier molecular flexibility index (Phi) is 3.73. The van der Waals surface area contributed by atoms with E-state index >= 15 is 0 Å². The van der Waals surface area contributed by atoms with Crippen LogP contribution in [0, 0.1) is 11.8 Å². The van der Waals surface area contributed by atoms with Gasteiger partial charge in [-0.2, -0.15) is 0 Å². The molecule has 1 aliphatic carbocycles. The SMILES string of the molecule is CC(CCl)CN1CC[C@@H]2CCCC[C@@H]21. The molecule has 1 heterocycles. The van der Waals surface area contributed by atoms with Crippen LogP contribution in [0.15, 0.2) is 0 Å². The van der Waals surface area contributed by atoms with Crippen LogP contribution in [-0.4, -0.2) is 29.9 Å². The minimum Gasteiger partial charge on any atom is -0.300 e. The van der Waals surface area contributed by atoms with Crippen LogP contribution >= 0.6 is 11.6 Å². The summed E-state index contributed by atoms with van der Waals surface area (Å²) >= 11 is 5.88. The van der Waals surface area contributed by atoms with Crippen LogP contribution in [0.5, 0.6) is 0 Å². The number of alkyl halides is 1. The molecule has 3 atom stereocenters. The smallest absolute Gasteiger partial charge is 0.0261 e. The molecule has 2 fully saturated rings. The van der Waals surface area contributed by atoms with Gasteiger partial charge < -0.3 is 0 Å². The van der Waals surface area contributed by atoms with Gasteiger partial charge >= 0.3 is 0 Å². The summed E-state index contributed by atoms with van der Waals surface area (Å²) in [5.74, 6) is 2.50. The van der Waals surface area contributed by atoms with E-state index in [0.717, 1.165) is 17.8 Å². The van der Waals surface area contributed by atoms with Crippen molar-refractivity contribution in [1.82, 2.24) is 4.90 Å². The standard InChI is InChI=1S/C12H22ClN/c1-10(8-13)9-14-7-6-11-4-2-3-5-12(11)14/h10-12H,2-9H2,1H3/t10?,11-,12-/m0/s1. The predicted octanol–water partition coefficient (Wildman–Crippen LogP) is 3.13. The maximum atomic E-state index is 5.88. The van der Waals surface area contributed by atoms with Gasteiger partial charge in [0.2, 0.25) is 0 Å². The maximum absolute atomic E-state index is 5.88. The van der Waals surface area contributed by atoms with Crippen molar-refractivity contribution in [3.05, 3.63) is 0 Å². The van der Waals surface area contributed by atoms with Crippen molar-refractivity contribution in [3.8, 4) is 0 Å². The lowest BCUT2D eigenvalue weighted by atomic mass is 9.85. The summed E-state index contributed by atoms with van der Waals surface area (Å²) in [6.45, 7) is 4.82. The fourth-order valence-corrected chi connectivity index (χ4v) is 3.28. The summed E-state index contributed by atoms with van der Waals surface area (Å²) in [5, 5.41) is 0. The fraction of sp³-hybridized carbons (Fsp3) is 1.00. The van der Waals surface area contributed by atoms with Crippen molar-refractivity contribution in [1.29, 1.82) is 0 Å². The molecule has 1 nitrogen and oxygen atoms in total. The second-order valence-corrected chi connectivity index (χ2v) is 5.46. The average molecular weight is 216 g/mol. The van der Waals surface area contributed by atoms with E-state index in [2.05, 4.69) is 11.8 Å². The van der Waals surface area contributed by atoms with Gasteiger partial charge in [0.05, 0.1) is 0 Å². The molecule has 2 heteroatoms. The van der Waals surface area contributed by atoms with Gasteiger partial charge in [-0.05, 0) is 37.6 Å². The van der Waals surface area contributed by atoms with E-state index in [1.54, 1.807) is 0 Å². The quantitative estimate of drug-likeness (QED) is 0.654. The topological polar surface area (TPSA) is 3.24 Å². The summed E-state index contributed by atoms with van der Waals surface area (Å²) in [5.41, 5.74) is 0. The molecule has 1 saturated carbocycles. The van der Waals surface area contributed by atoms with Gasteiger partial charge in [0.1, 0.15) is 0 Å². The summed E-state index contributed by atoms with van der Waals surface area (Å²) in [6.07, 6.45) is 7.29. The zero-order valence-corrected chi connectivity index (χ0v) is 9.97. The van der Waals surface area contributed by atoms with Crippen LogP contribution in [0.25, 0.3) is 0 Å². The van der Waals surface area contributed by atoms with Crippen LogP contribution in [0.2, 0.25) is 0 Å². The monoisotopic (exact) mass is 215 g/mol. The Bertz CT molecular complexity index is 183. The minimum atomic E-state index is 0.664. The van der Waals surface area contributed by atoms with Crippen molar-refractivity contribution < 1.29 is 0 Å². The van der Waals surface area contributed by atoms with Crippen LogP contribution in [-0.2, 0) is 0 Å². The lowest BCUT2D eigenvalue weighted by molar-refractivity contribution is 0.167. The lowest BCUT2D eigenvalue weighted by Gasteiger charge is -2.32. The van der Waals surface area contributed by atoms with Crippen molar-refractivity contribution in [3.63, 3.8) is 0 Å².